The number of amides is 1. The maximum Gasteiger partial charge on any atom is 0.220 e. The van der Waals surface area contributed by atoms with E-state index in [1.165, 1.54) is 12.8 Å². The molecule has 0 fully saturated rings. The molecule has 20 heavy (non-hydrogen) atoms. The monoisotopic (exact) mass is 285 g/mol. The lowest BCUT2D eigenvalue weighted by Gasteiger charge is -2.20. The van der Waals surface area contributed by atoms with Gasteiger partial charge < -0.3 is 16.0 Å². The van der Waals surface area contributed by atoms with Gasteiger partial charge in [-0.2, -0.15) is 0 Å². The molecule has 4 nitrogen and oxygen atoms in total. The lowest BCUT2D eigenvalue weighted by atomic mass is 9.94. The van der Waals surface area contributed by atoms with Gasteiger partial charge in [-0.15, -0.1) is 0 Å². The average Bonchev–Trinajstić information content (AvgIpc) is 2.41. The van der Waals surface area contributed by atoms with Crippen molar-refractivity contribution in [1.29, 1.82) is 0 Å². The number of nitrogens with two attached hydrogens (primary N) is 1. The smallest absolute Gasteiger partial charge is 0.220 e. The van der Waals surface area contributed by atoms with Gasteiger partial charge in [0.25, 0.3) is 0 Å². The van der Waals surface area contributed by atoms with Gasteiger partial charge in [0.15, 0.2) is 0 Å². The second kappa shape index (κ2) is 12.2. The van der Waals surface area contributed by atoms with Crippen LogP contribution in [0.1, 0.15) is 59.3 Å². The van der Waals surface area contributed by atoms with E-state index in [1.54, 1.807) is 0 Å². The summed E-state index contributed by atoms with van der Waals surface area (Å²) in [4.78, 5) is 14.1. The largest absolute Gasteiger partial charge is 0.356 e. The predicted molar refractivity (Wildman–Crippen MR) is 86.7 cm³/mol. The fourth-order valence-electron chi connectivity index (χ4n) is 2.32. The van der Waals surface area contributed by atoms with Crippen molar-refractivity contribution in [3.8, 4) is 0 Å². The normalized spacial score (nSPS) is 12.9. The summed E-state index contributed by atoms with van der Waals surface area (Å²) in [7, 11) is 2.12. The standard InChI is InChI=1S/C16H35N3O/c1-5-7-15(10-11-17)8-9-16(20)18-12-6-13-19(4)14(2)3/h14-15H,5-13,17H2,1-4H3,(H,18,20). The summed E-state index contributed by atoms with van der Waals surface area (Å²) in [6.07, 6.45) is 6.03. The van der Waals surface area contributed by atoms with Gasteiger partial charge in [-0.3, -0.25) is 4.79 Å². The van der Waals surface area contributed by atoms with E-state index < -0.39 is 0 Å². The summed E-state index contributed by atoms with van der Waals surface area (Å²) < 4.78 is 0. The van der Waals surface area contributed by atoms with Gasteiger partial charge in [0, 0.05) is 19.0 Å². The van der Waals surface area contributed by atoms with Crippen molar-refractivity contribution < 1.29 is 4.79 Å². The van der Waals surface area contributed by atoms with Crippen molar-refractivity contribution >= 4 is 5.91 Å². The van der Waals surface area contributed by atoms with Gasteiger partial charge in [-0.05, 0) is 59.2 Å². The Morgan fingerprint density at radius 3 is 2.50 bits per heavy atom. The Hall–Kier alpha value is -0.610. The fourth-order valence-corrected chi connectivity index (χ4v) is 2.32. The minimum absolute atomic E-state index is 0.190. The Kier molecular flexibility index (Phi) is 11.8. The highest BCUT2D eigenvalue weighted by molar-refractivity contribution is 5.75. The van der Waals surface area contributed by atoms with Crippen LogP contribution in [0.25, 0.3) is 0 Å². The molecule has 0 aromatic carbocycles. The summed E-state index contributed by atoms with van der Waals surface area (Å²) in [5.74, 6) is 0.804. The quantitative estimate of drug-likeness (QED) is 0.541. The van der Waals surface area contributed by atoms with Gasteiger partial charge in [-0.1, -0.05) is 19.8 Å². The first kappa shape index (κ1) is 19.4. The number of hydrogen-bond donors (Lipinski definition) is 2. The molecule has 0 bridgehead atoms. The van der Waals surface area contributed by atoms with Crippen LogP contribution in [0.2, 0.25) is 0 Å². The second-order valence-electron chi connectivity index (χ2n) is 6.05. The number of nitrogens with one attached hydrogen (secondary N) is 1. The lowest BCUT2D eigenvalue weighted by Crippen LogP contribution is -2.31. The zero-order valence-electron chi connectivity index (χ0n) is 14.0. The van der Waals surface area contributed by atoms with Gasteiger partial charge in [-0.25, -0.2) is 0 Å². The molecule has 0 aromatic rings. The number of rotatable bonds is 12. The van der Waals surface area contributed by atoms with E-state index in [9.17, 15) is 4.79 Å². The molecule has 0 saturated carbocycles. The number of carbonyl (C=O) groups is 1. The predicted octanol–water partition coefficient (Wildman–Crippen LogP) is 2.38. The molecule has 0 saturated heterocycles. The maximum absolute atomic E-state index is 11.8. The highest BCUT2D eigenvalue weighted by Gasteiger charge is 2.10. The summed E-state index contributed by atoms with van der Waals surface area (Å²) in [5.41, 5.74) is 5.61. The van der Waals surface area contributed by atoms with E-state index >= 15 is 0 Å². The van der Waals surface area contributed by atoms with E-state index in [1.807, 2.05) is 0 Å². The SMILES string of the molecule is CCCC(CCN)CCC(=O)NCCCN(C)C(C)C. The Labute approximate surface area is 125 Å². The zero-order chi connectivity index (χ0) is 15.4. The van der Waals surface area contributed by atoms with E-state index in [0.29, 0.717) is 18.4 Å². The number of carbonyl (C=O) groups excluding carboxylic acids is 1. The van der Waals surface area contributed by atoms with Crippen LogP contribution in [-0.4, -0.2) is 43.5 Å². The molecule has 1 atom stereocenters. The van der Waals surface area contributed by atoms with Crippen molar-refractivity contribution in [2.24, 2.45) is 11.7 Å². The Balaban J connectivity index is 3.67. The van der Waals surface area contributed by atoms with Crippen LogP contribution in [0.3, 0.4) is 0 Å². The van der Waals surface area contributed by atoms with Crippen LogP contribution in [0.4, 0.5) is 0 Å². The molecule has 0 spiro atoms. The third kappa shape index (κ3) is 10.2. The van der Waals surface area contributed by atoms with Crippen molar-refractivity contribution in [3.05, 3.63) is 0 Å². The maximum atomic E-state index is 11.8. The lowest BCUT2D eigenvalue weighted by molar-refractivity contribution is -0.121. The first-order chi connectivity index (χ1) is 9.51. The first-order valence-electron chi connectivity index (χ1n) is 8.18. The third-order valence-corrected chi connectivity index (χ3v) is 3.94. The second-order valence-corrected chi connectivity index (χ2v) is 6.05. The zero-order valence-corrected chi connectivity index (χ0v) is 14.0. The molecule has 1 amide bonds. The van der Waals surface area contributed by atoms with Crippen LogP contribution < -0.4 is 11.1 Å². The molecular weight excluding hydrogens is 250 g/mol. The highest BCUT2D eigenvalue weighted by atomic mass is 16.1. The average molecular weight is 285 g/mol. The molecule has 0 aromatic heterocycles. The van der Waals surface area contributed by atoms with E-state index in [0.717, 1.165) is 38.9 Å². The number of hydrogen-bond acceptors (Lipinski definition) is 3. The van der Waals surface area contributed by atoms with Crippen LogP contribution >= 0.6 is 0 Å². The fraction of sp³-hybridized carbons (Fsp3) is 0.938. The summed E-state index contributed by atoms with van der Waals surface area (Å²) in [6, 6.07) is 0.566. The van der Waals surface area contributed by atoms with Gasteiger partial charge >= 0.3 is 0 Å². The van der Waals surface area contributed by atoms with Crippen LogP contribution in [0.5, 0.6) is 0 Å². The Morgan fingerprint density at radius 1 is 1.25 bits per heavy atom. The van der Waals surface area contributed by atoms with Gasteiger partial charge in [0.05, 0.1) is 0 Å². The molecule has 1 unspecified atom stereocenters. The van der Waals surface area contributed by atoms with Gasteiger partial charge in [0.2, 0.25) is 5.91 Å². The van der Waals surface area contributed by atoms with E-state index in [4.69, 9.17) is 5.73 Å². The molecule has 0 aliphatic heterocycles. The van der Waals surface area contributed by atoms with Crippen molar-refractivity contribution in [3.63, 3.8) is 0 Å². The molecule has 0 aliphatic rings. The molecule has 3 N–H and O–H groups in total. The topological polar surface area (TPSA) is 58.4 Å². The molecule has 4 heteroatoms. The van der Waals surface area contributed by atoms with E-state index in [-0.39, 0.29) is 5.91 Å². The minimum atomic E-state index is 0.190. The Morgan fingerprint density at radius 2 is 1.95 bits per heavy atom. The van der Waals surface area contributed by atoms with Crippen LogP contribution in [0, 0.1) is 5.92 Å². The van der Waals surface area contributed by atoms with Crippen LogP contribution in [-0.2, 0) is 4.79 Å². The van der Waals surface area contributed by atoms with Crippen LogP contribution in [0.15, 0.2) is 0 Å². The summed E-state index contributed by atoms with van der Waals surface area (Å²) >= 11 is 0. The molecule has 0 aliphatic carbocycles. The molecular formula is C16H35N3O. The van der Waals surface area contributed by atoms with E-state index in [2.05, 4.69) is 38.0 Å². The van der Waals surface area contributed by atoms with Crippen molar-refractivity contribution in [2.45, 2.75) is 65.3 Å². The molecule has 120 valence electrons. The van der Waals surface area contributed by atoms with Crippen molar-refractivity contribution in [1.82, 2.24) is 10.2 Å². The third-order valence-electron chi connectivity index (χ3n) is 3.94. The van der Waals surface area contributed by atoms with Crippen molar-refractivity contribution in [2.75, 3.05) is 26.7 Å². The molecule has 0 radical (unpaired) electrons. The number of nitrogens with zero attached hydrogens (tertiary/aromatic N) is 1. The summed E-state index contributed by atoms with van der Waals surface area (Å²) in [6.45, 7) is 9.10. The Bertz CT molecular complexity index is 238. The minimum Gasteiger partial charge on any atom is -0.356 e. The van der Waals surface area contributed by atoms with Gasteiger partial charge in [0.1, 0.15) is 0 Å². The first-order valence-corrected chi connectivity index (χ1v) is 8.18. The molecule has 0 heterocycles. The summed E-state index contributed by atoms with van der Waals surface area (Å²) in [5, 5.41) is 3.02. The highest BCUT2D eigenvalue weighted by Crippen LogP contribution is 2.16. The molecule has 0 rings (SSSR count).